The van der Waals surface area contributed by atoms with Gasteiger partial charge in [0, 0.05) is 30.4 Å². The van der Waals surface area contributed by atoms with E-state index in [4.69, 9.17) is 14.2 Å². The fraction of sp³-hybridized carbons (Fsp3) is 0.650. The summed E-state index contributed by atoms with van der Waals surface area (Å²) in [5.74, 6) is -0.628. The SMILES string of the molecule is CC(C)(C)OC(=O)N1CCC(Nc2ccc(C3(C)OCCO3)cc2)CC1. The van der Waals surface area contributed by atoms with Crippen LogP contribution in [0, 0.1) is 0 Å². The number of piperidine rings is 1. The van der Waals surface area contributed by atoms with E-state index in [-0.39, 0.29) is 6.09 Å². The minimum atomic E-state index is -0.628. The molecule has 1 aromatic carbocycles. The molecule has 0 bridgehead atoms. The predicted octanol–water partition coefficient (Wildman–Crippen LogP) is 3.72. The summed E-state index contributed by atoms with van der Waals surface area (Å²) in [6, 6.07) is 8.57. The number of hydrogen-bond donors (Lipinski definition) is 1. The third kappa shape index (κ3) is 4.68. The highest BCUT2D eigenvalue weighted by atomic mass is 16.7. The molecule has 0 radical (unpaired) electrons. The van der Waals surface area contributed by atoms with Crippen molar-refractivity contribution < 1.29 is 19.0 Å². The van der Waals surface area contributed by atoms with Gasteiger partial charge in [-0.05, 0) is 52.7 Å². The number of carbonyl (C=O) groups is 1. The normalized spacial score (nSPS) is 20.8. The van der Waals surface area contributed by atoms with Crippen molar-refractivity contribution in [2.45, 2.75) is 58.0 Å². The number of carbonyl (C=O) groups excluding carboxylic acids is 1. The highest BCUT2D eigenvalue weighted by Crippen LogP contribution is 2.31. The van der Waals surface area contributed by atoms with Gasteiger partial charge in [0.25, 0.3) is 0 Å². The van der Waals surface area contributed by atoms with E-state index in [1.807, 2.05) is 39.8 Å². The van der Waals surface area contributed by atoms with Crippen LogP contribution in [0.2, 0.25) is 0 Å². The molecule has 0 atom stereocenters. The Labute approximate surface area is 155 Å². The third-order valence-electron chi connectivity index (χ3n) is 4.77. The second kappa shape index (κ2) is 7.45. The second-order valence-corrected chi connectivity index (χ2v) is 8.11. The van der Waals surface area contributed by atoms with E-state index in [1.165, 1.54) is 0 Å². The van der Waals surface area contributed by atoms with E-state index < -0.39 is 11.4 Å². The first-order chi connectivity index (χ1) is 12.3. The molecule has 26 heavy (non-hydrogen) atoms. The molecule has 6 nitrogen and oxygen atoms in total. The molecular formula is C20H30N2O4. The van der Waals surface area contributed by atoms with Crippen LogP contribution in [0.4, 0.5) is 10.5 Å². The third-order valence-corrected chi connectivity index (χ3v) is 4.77. The predicted molar refractivity (Wildman–Crippen MR) is 100 cm³/mol. The molecule has 1 N–H and O–H groups in total. The highest BCUT2D eigenvalue weighted by Gasteiger charge is 2.33. The van der Waals surface area contributed by atoms with Gasteiger partial charge in [0.05, 0.1) is 13.2 Å². The van der Waals surface area contributed by atoms with Crippen LogP contribution in [-0.2, 0) is 20.0 Å². The standard InChI is InChI=1S/C20H30N2O4/c1-19(2,3)26-18(23)22-11-9-17(10-12-22)21-16-7-5-15(6-8-16)20(4)24-13-14-25-20/h5-8,17,21H,9-14H2,1-4H3. The topological polar surface area (TPSA) is 60.0 Å². The molecule has 2 saturated heterocycles. The zero-order valence-corrected chi connectivity index (χ0v) is 16.2. The number of rotatable bonds is 3. The van der Waals surface area contributed by atoms with Gasteiger partial charge in [-0.1, -0.05) is 12.1 Å². The Morgan fingerprint density at radius 3 is 2.27 bits per heavy atom. The summed E-state index contributed by atoms with van der Waals surface area (Å²) >= 11 is 0. The van der Waals surface area contributed by atoms with E-state index in [9.17, 15) is 4.79 Å². The average Bonchev–Trinajstić information content (AvgIpc) is 3.02. The molecule has 2 heterocycles. The number of hydrogen-bond acceptors (Lipinski definition) is 5. The van der Waals surface area contributed by atoms with Crippen LogP contribution in [0.5, 0.6) is 0 Å². The van der Waals surface area contributed by atoms with Gasteiger partial charge in [-0.25, -0.2) is 4.79 Å². The Morgan fingerprint density at radius 1 is 1.15 bits per heavy atom. The lowest BCUT2D eigenvalue weighted by molar-refractivity contribution is -0.149. The van der Waals surface area contributed by atoms with Crippen molar-refractivity contribution in [2.24, 2.45) is 0 Å². The smallest absolute Gasteiger partial charge is 0.410 e. The molecule has 6 heteroatoms. The molecule has 2 fully saturated rings. The van der Waals surface area contributed by atoms with Gasteiger partial charge in [0.1, 0.15) is 5.60 Å². The molecule has 0 saturated carbocycles. The van der Waals surface area contributed by atoms with Crippen molar-refractivity contribution in [1.82, 2.24) is 4.90 Å². The molecule has 144 valence electrons. The van der Waals surface area contributed by atoms with E-state index in [1.54, 1.807) is 4.90 Å². The molecule has 0 aromatic heterocycles. The Kier molecular flexibility index (Phi) is 5.44. The van der Waals surface area contributed by atoms with Gasteiger partial charge in [-0.15, -0.1) is 0 Å². The maximum atomic E-state index is 12.1. The molecule has 2 aliphatic heterocycles. The fourth-order valence-electron chi connectivity index (χ4n) is 3.32. The first-order valence-electron chi connectivity index (χ1n) is 9.38. The summed E-state index contributed by atoms with van der Waals surface area (Å²) < 4.78 is 16.8. The molecule has 1 aromatic rings. The quantitative estimate of drug-likeness (QED) is 0.888. The number of nitrogens with one attached hydrogen (secondary N) is 1. The summed E-state index contributed by atoms with van der Waals surface area (Å²) in [4.78, 5) is 13.9. The zero-order valence-electron chi connectivity index (χ0n) is 16.2. The summed E-state index contributed by atoms with van der Waals surface area (Å²) in [6.45, 7) is 10.3. The molecular weight excluding hydrogens is 332 g/mol. The van der Waals surface area contributed by atoms with E-state index in [0.717, 1.165) is 24.1 Å². The van der Waals surface area contributed by atoms with Crippen LogP contribution in [-0.4, -0.2) is 48.9 Å². The van der Waals surface area contributed by atoms with Gasteiger partial charge in [-0.2, -0.15) is 0 Å². The molecule has 0 unspecified atom stereocenters. The monoisotopic (exact) mass is 362 g/mol. The lowest BCUT2D eigenvalue weighted by Crippen LogP contribution is -2.44. The number of nitrogens with zero attached hydrogens (tertiary/aromatic N) is 1. The van der Waals surface area contributed by atoms with Crippen LogP contribution in [0.25, 0.3) is 0 Å². The lowest BCUT2D eigenvalue weighted by Gasteiger charge is -2.34. The molecule has 1 amide bonds. The largest absolute Gasteiger partial charge is 0.444 e. The Morgan fingerprint density at radius 2 is 1.73 bits per heavy atom. The fourth-order valence-corrected chi connectivity index (χ4v) is 3.32. The molecule has 0 spiro atoms. The zero-order chi connectivity index (χ0) is 18.8. The van der Waals surface area contributed by atoms with Crippen molar-refractivity contribution in [2.75, 3.05) is 31.6 Å². The summed E-state index contributed by atoms with van der Waals surface area (Å²) in [7, 11) is 0. The van der Waals surface area contributed by atoms with Gasteiger partial charge < -0.3 is 24.4 Å². The second-order valence-electron chi connectivity index (χ2n) is 8.11. The van der Waals surface area contributed by atoms with Crippen molar-refractivity contribution in [1.29, 1.82) is 0 Å². The maximum absolute atomic E-state index is 12.1. The molecule has 2 aliphatic rings. The number of ether oxygens (including phenoxy) is 3. The average molecular weight is 362 g/mol. The van der Waals surface area contributed by atoms with Crippen LogP contribution in [0.3, 0.4) is 0 Å². The van der Waals surface area contributed by atoms with Crippen molar-refractivity contribution >= 4 is 11.8 Å². The number of amides is 1. The van der Waals surface area contributed by atoms with Crippen molar-refractivity contribution in [3.63, 3.8) is 0 Å². The summed E-state index contributed by atoms with van der Waals surface area (Å²) in [5, 5.41) is 3.56. The van der Waals surface area contributed by atoms with Crippen LogP contribution in [0.1, 0.15) is 46.1 Å². The maximum Gasteiger partial charge on any atom is 0.410 e. The van der Waals surface area contributed by atoms with Crippen LogP contribution < -0.4 is 5.32 Å². The lowest BCUT2D eigenvalue weighted by atomic mass is 10.0. The minimum absolute atomic E-state index is 0.217. The van der Waals surface area contributed by atoms with Gasteiger partial charge in [0.15, 0.2) is 5.79 Å². The van der Waals surface area contributed by atoms with E-state index >= 15 is 0 Å². The minimum Gasteiger partial charge on any atom is -0.444 e. The first-order valence-corrected chi connectivity index (χ1v) is 9.38. The Balaban J connectivity index is 1.49. The first kappa shape index (κ1) is 19.0. The van der Waals surface area contributed by atoms with Gasteiger partial charge in [0.2, 0.25) is 0 Å². The Bertz CT molecular complexity index is 610. The Hall–Kier alpha value is -1.79. The number of anilines is 1. The number of benzene rings is 1. The van der Waals surface area contributed by atoms with Crippen molar-refractivity contribution in [3.8, 4) is 0 Å². The van der Waals surface area contributed by atoms with E-state index in [2.05, 4.69) is 17.4 Å². The highest BCUT2D eigenvalue weighted by molar-refractivity contribution is 5.68. The van der Waals surface area contributed by atoms with Crippen LogP contribution in [0.15, 0.2) is 24.3 Å². The van der Waals surface area contributed by atoms with Crippen LogP contribution >= 0.6 is 0 Å². The molecule has 0 aliphatic carbocycles. The number of likely N-dealkylation sites (tertiary alicyclic amines) is 1. The van der Waals surface area contributed by atoms with Gasteiger partial charge in [-0.3, -0.25) is 0 Å². The summed E-state index contributed by atoms with van der Waals surface area (Å²) in [6.07, 6.45) is 1.60. The summed E-state index contributed by atoms with van der Waals surface area (Å²) in [5.41, 5.74) is 1.66. The molecule has 3 rings (SSSR count). The van der Waals surface area contributed by atoms with Crippen molar-refractivity contribution in [3.05, 3.63) is 29.8 Å². The van der Waals surface area contributed by atoms with E-state index in [0.29, 0.717) is 32.3 Å². The van der Waals surface area contributed by atoms with Gasteiger partial charge >= 0.3 is 6.09 Å².